The minimum atomic E-state index is 0.00805. The summed E-state index contributed by atoms with van der Waals surface area (Å²) >= 11 is 0. The normalized spacial score (nSPS) is 23.8. The van der Waals surface area contributed by atoms with Crippen LogP contribution in [-0.2, 0) is 4.79 Å². The molecule has 0 aromatic carbocycles. The quantitative estimate of drug-likeness (QED) is 0.810. The average Bonchev–Trinajstić information content (AvgIpc) is 2.46. The van der Waals surface area contributed by atoms with E-state index >= 15 is 0 Å². The van der Waals surface area contributed by atoms with E-state index in [1.54, 1.807) is 11.9 Å². The third-order valence-electron chi connectivity index (χ3n) is 4.30. The lowest BCUT2D eigenvalue weighted by atomic mass is 9.85. The van der Waals surface area contributed by atoms with Crippen molar-refractivity contribution < 1.29 is 9.59 Å². The van der Waals surface area contributed by atoms with E-state index < -0.39 is 0 Å². The van der Waals surface area contributed by atoms with Gasteiger partial charge in [-0.05, 0) is 31.6 Å². The van der Waals surface area contributed by atoms with Crippen molar-refractivity contribution in [2.75, 3.05) is 20.6 Å². The average molecular weight is 283 g/mol. The van der Waals surface area contributed by atoms with E-state index in [0.29, 0.717) is 5.92 Å². The number of hydrogen-bond donors (Lipinski definition) is 2. The Hall–Kier alpha value is -1.26. The zero-order valence-electron chi connectivity index (χ0n) is 13.2. The molecule has 0 aromatic rings. The van der Waals surface area contributed by atoms with Crippen molar-refractivity contribution in [2.45, 2.75) is 52.0 Å². The largest absolute Gasteiger partial charge is 0.359 e. The second-order valence-electron chi connectivity index (χ2n) is 6.01. The summed E-state index contributed by atoms with van der Waals surface area (Å²) in [5.74, 6) is 0.768. The number of nitrogens with one attached hydrogen (secondary N) is 2. The van der Waals surface area contributed by atoms with Crippen LogP contribution in [0.3, 0.4) is 0 Å². The van der Waals surface area contributed by atoms with Gasteiger partial charge in [-0.2, -0.15) is 0 Å². The first kappa shape index (κ1) is 16.8. The summed E-state index contributed by atoms with van der Waals surface area (Å²) in [4.78, 5) is 25.4. The standard InChI is InChI=1S/C15H29N3O2/c1-5-11(2)10-18(4)15(20)17-13-8-6-12(7-9-13)14(19)16-3/h11-13H,5-10H2,1-4H3,(H,16,19)(H,17,20)/t11-,12?,13?/m0/s1. The molecule has 5 nitrogen and oxygen atoms in total. The zero-order chi connectivity index (χ0) is 15.1. The fourth-order valence-electron chi connectivity index (χ4n) is 2.67. The van der Waals surface area contributed by atoms with Gasteiger partial charge in [-0.3, -0.25) is 4.79 Å². The van der Waals surface area contributed by atoms with Gasteiger partial charge < -0.3 is 15.5 Å². The maximum Gasteiger partial charge on any atom is 0.317 e. The van der Waals surface area contributed by atoms with Crippen molar-refractivity contribution in [3.05, 3.63) is 0 Å². The monoisotopic (exact) mass is 283 g/mol. The first-order chi connectivity index (χ1) is 9.47. The van der Waals surface area contributed by atoms with E-state index in [0.717, 1.165) is 38.6 Å². The summed E-state index contributed by atoms with van der Waals surface area (Å²) in [7, 11) is 3.53. The van der Waals surface area contributed by atoms with Crippen LogP contribution < -0.4 is 10.6 Å². The van der Waals surface area contributed by atoms with Crippen LogP contribution in [0.25, 0.3) is 0 Å². The summed E-state index contributed by atoms with van der Waals surface area (Å²) in [6, 6.07) is 0.219. The SMILES string of the molecule is CC[C@H](C)CN(C)C(=O)NC1CCC(C(=O)NC)CC1. The fourth-order valence-corrected chi connectivity index (χ4v) is 2.67. The number of rotatable bonds is 5. The molecular weight excluding hydrogens is 254 g/mol. The van der Waals surface area contributed by atoms with E-state index in [2.05, 4.69) is 24.5 Å². The van der Waals surface area contributed by atoms with Gasteiger partial charge in [-0.15, -0.1) is 0 Å². The topological polar surface area (TPSA) is 61.4 Å². The molecule has 1 saturated carbocycles. The summed E-state index contributed by atoms with van der Waals surface area (Å²) in [5, 5.41) is 5.78. The molecule has 2 N–H and O–H groups in total. The molecule has 116 valence electrons. The molecule has 0 aliphatic heterocycles. The van der Waals surface area contributed by atoms with Crippen LogP contribution in [0.4, 0.5) is 4.79 Å². The number of amides is 3. The first-order valence-electron chi connectivity index (χ1n) is 7.71. The molecule has 1 aliphatic rings. The van der Waals surface area contributed by atoms with Gasteiger partial charge in [-0.1, -0.05) is 20.3 Å². The van der Waals surface area contributed by atoms with Crippen LogP contribution >= 0.6 is 0 Å². The Kier molecular flexibility index (Phi) is 6.82. The van der Waals surface area contributed by atoms with Gasteiger partial charge in [0.1, 0.15) is 0 Å². The third-order valence-corrected chi connectivity index (χ3v) is 4.30. The number of hydrogen-bond acceptors (Lipinski definition) is 2. The predicted molar refractivity (Wildman–Crippen MR) is 80.4 cm³/mol. The molecule has 3 amide bonds. The lowest BCUT2D eigenvalue weighted by Crippen LogP contribution is -2.46. The summed E-state index contributed by atoms with van der Waals surface area (Å²) in [6.07, 6.45) is 4.58. The van der Waals surface area contributed by atoms with Gasteiger partial charge in [-0.25, -0.2) is 4.79 Å². The highest BCUT2D eigenvalue weighted by molar-refractivity contribution is 5.78. The van der Waals surface area contributed by atoms with Crippen LogP contribution in [0, 0.1) is 11.8 Å². The molecule has 1 rings (SSSR count). The predicted octanol–water partition coefficient (Wildman–Crippen LogP) is 1.98. The zero-order valence-corrected chi connectivity index (χ0v) is 13.2. The second kappa shape index (κ2) is 8.12. The molecule has 0 unspecified atom stereocenters. The van der Waals surface area contributed by atoms with Crippen LogP contribution in [0.5, 0.6) is 0 Å². The Morgan fingerprint density at radius 3 is 2.35 bits per heavy atom. The van der Waals surface area contributed by atoms with Gasteiger partial charge in [0.25, 0.3) is 0 Å². The number of urea groups is 1. The van der Waals surface area contributed by atoms with E-state index in [1.165, 1.54) is 0 Å². The van der Waals surface area contributed by atoms with Crippen molar-refractivity contribution in [2.24, 2.45) is 11.8 Å². The van der Waals surface area contributed by atoms with E-state index in [4.69, 9.17) is 0 Å². The van der Waals surface area contributed by atoms with Crippen LogP contribution in [-0.4, -0.2) is 43.5 Å². The molecule has 0 saturated heterocycles. The molecular formula is C15H29N3O2. The molecule has 1 fully saturated rings. The smallest absolute Gasteiger partial charge is 0.317 e. The number of carbonyl (C=O) groups is 2. The van der Waals surface area contributed by atoms with Crippen molar-refractivity contribution in [3.8, 4) is 0 Å². The Labute approximate surface area is 122 Å². The third kappa shape index (κ3) is 5.02. The molecule has 5 heteroatoms. The maximum atomic E-state index is 12.1. The van der Waals surface area contributed by atoms with E-state index in [-0.39, 0.29) is 23.9 Å². The first-order valence-corrected chi connectivity index (χ1v) is 7.71. The highest BCUT2D eigenvalue weighted by atomic mass is 16.2. The minimum Gasteiger partial charge on any atom is -0.359 e. The van der Waals surface area contributed by atoms with Gasteiger partial charge in [0.05, 0.1) is 0 Å². The molecule has 0 bridgehead atoms. The molecule has 20 heavy (non-hydrogen) atoms. The Morgan fingerprint density at radius 1 is 1.25 bits per heavy atom. The Balaban J connectivity index is 2.32. The van der Waals surface area contributed by atoms with Gasteiger partial charge >= 0.3 is 6.03 Å². The van der Waals surface area contributed by atoms with Gasteiger partial charge in [0, 0.05) is 32.6 Å². The Bertz CT molecular complexity index is 325. The van der Waals surface area contributed by atoms with Gasteiger partial charge in [0.15, 0.2) is 0 Å². The number of carbonyl (C=O) groups excluding carboxylic acids is 2. The van der Waals surface area contributed by atoms with E-state index in [9.17, 15) is 9.59 Å². The highest BCUT2D eigenvalue weighted by Gasteiger charge is 2.27. The number of nitrogens with zero attached hydrogens (tertiary/aromatic N) is 1. The molecule has 0 aromatic heterocycles. The Morgan fingerprint density at radius 2 is 1.85 bits per heavy atom. The molecule has 0 heterocycles. The molecule has 1 atom stereocenters. The minimum absolute atomic E-state index is 0.00805. The van der Waals surface area contributed by atoms with Crippen molar-refractivity contribution >= 4 is 11.9 Å². The molecule has 1 aliphatic carbocycles. The fraction of sp³-hybridized carbons (Fsp3) is 0.867. The van der Waals surface area contributed by atoms with Crippen LogP contribution in [0.1, 0.15) is 46.0 Å². The van der Waals surface area contributed by atoms with Crippen molar-refractivity contribution in [1.82, 2.24) is 15.5 Å². The lowest BCUT2D eigenvalue weighted by Gasteiger charge is -2.30. The summed E-state index contributed by atoms with van der Waals surface area (Å²) in [5.41, 5.74) is 0. The van der Waals surface area contributed by atoms with Gasteiger partial charge in [0.2, 0.25) is 5.91 Å². The van der Waals surface area contributed by atoms with E-state index in [1.807, 2.05) is 7.05 Å². The lowest BCUT2D eigenvalue weighted by molar-refractivity contribution is -0.125. The summed E-state index contributed by atoms with van der Waals surface area (Å²) in [6.45, 7) is 5.07. The van der Waals surface area contributed by atoms with Crippen LogP contribution in [0.15, 0.2) is 0 Å². The summed E-state index contributed by atoms with van der Waals surface area (Å²) < 4.78 is 0. The maximum absolute atomic E-state index is 12.1. The van der Waals surface area contributed by atoms with Crippen LogP contribution in [0.2, 0.25) is 0 Å². The molecule has 0 spiro atoms. The second-order valence-corrected chi connectivity index (χ2v) is 6.01. The molecule has 0 radical (unpaired) electrons. The van der Waals surface area contributed by atoms with Crippen molar-refractivity contribution in [3.63, 3.8) is 0 Å². The highest BCUT2D eigenvalue weighted by Crippen LogP contribution is 2.24. The van der Waals surface area contributed by atoms with Crippen molar-refractivity contribution in [1.29, 1.82) is 0 Å².